The predicted molar refractivity (Wildman–Crippen MR) is 73.9 cm³/mol. The fraction of sp³-hybridized carbons (Fsp3) is 0.571. The van der Waals surface area contributed by atoms with E-state index in [1.807, 2.05) is 6.07 Å². The van der Waals surface area contributed by atoms with Crippen molar-refractivity contribution in [2.45, 2.75) is 38.8 Å². The van der Waals surface area contributed by atoms with Gasteiger partial charge in [-0.1, -0.05) is 15.9 Å². The molecule has 1 fully saturated rings. The van der Waals surface area contributed by atoms with E-state index in [0.717, 1.165) is 28.4 Å². The van der Waals surface area contributed by atoms with Gasteiger partial charge in [0, 0.05) is 16.6 Å². The first-order chi connectivity index (χ1) is 8.56. The smallest absolute Gasteiger partial charge is 0.231 e. The molecule has 1 aromatic carbocycles. The first-order valence-electron chi connectivity index (χ1n) is 6.39. The van der Waals surface area contributed by atoms with Crippen LogP contribution < -0.4 is 14.8 Å². The zero-order valence-corrected chi connectivity index (χ0v) is 12.3. The van der Waals surface area contributed by atoms with Crippen LogP contribution in [0, 0.1) is 5.92 Å². The molecule has 3 rings (SSSR count). The summed E-state index contributed by atoms with van der Waals surface area (Å²) in [7, 11) is 0. The van der Waals surface area contributed by atoms with Gasteiger partial charge < -0.3 is 14.8 Å². The van der Waals surface area contributed by atoms with E-state index in [9.17, 15) is 0 Å². The van der Waals surface area contributed by atoms with Gasteiger partial charge in [0.05, 0.1) is 0 Å². The van der Waals surface area contributed by atoms with Crippen molar-refractivity contribution in [1.29, 1.82) is 0 Å². The van der Waals surface area contributed by atoms with Crippen molar-refractivity contribution >= 4 is 15.9 Å². The molecule has 1 saturated carbocycles. The Morgan fingerprint density at radius 3 is 2.61 bits per heavy atom. The average Bonchev–Trinajstić information content (AvgIpc) is 3.08. The highest BCUT2D eigenvalue weighted by Gasteiger charge is 2.37. The monoisotopic (exact) mass is 311 g/mol. The summed E-state index contributed by atoms with van der Waals surface area (Å²) in [4.78, 5) is 0. The minimum Gasteiger partial charge on any atom is -0.454 e. The summed E-state index contributed by atoms with van der Waals surface area (Å²) in [6.45, 7) is 5.74. The van der Waals surface area contributed by atoms with Crippen LogP contribution in [0.1, 0.15) is 32.3 Å². The van der Waals surface area contributed by atoms with Gasteiger partial charge in [-0.3, -0.25) is 0 Å². The van der Waals surface area contributed by atoms with Crippen molar-refractivity contribution < 1.29 is 9.47 Å². The number of halogens is 1. The second kappa shape index (κ2) is 4.42. The molecule has 98 valence electrons. The quantitative estimate of drug-likeness (QED) is 0.923. The van der Waals surface area contributed by atoms with Crippen molar-refractivity contribution in [2.24, 2.45) is 5.92 Å². The van der Waals surface area contributed by atoms with E-state index in [2.05, 4.69) is 41.2 Å². The Balaban J connectivity index is 1.72. The lowest BCUT2D eigenvalue weighted by Gasteiger charge is -2.26. The summed E-state index contributed by atoms with van der Waals surface area (Å²) in [6, 6.07) is 4.05. The van der Waals surface area contributed by atoms with E-state index in [1.54, 1.807) is 0 Å². The lowest BCUT2D eigenvalue weighted by Crippen LogP contribution is -2.40. The van der Waals surface area contributed by atoms with Gasteiger partial charge in [0.1, 0.15) is 0 Å². The normalized spacial score (nSPS) is 18.2. The first-order valence-corrected chi connectivity index (χ1v) is 7.18. The number of benzene rings is 1. The maximum absolute atomic E-state index is 5.42. The highest BCUT2D eigenvalue weighted by Crippen LogP contribution is 2.40. The molecule has 3 nitrogen and oxygen atoms in total. The molecule has 0 unspecified atom stereocenters. The average molecular weight is 312 g/mol. The molecule has 0 saturated heterocycles. The highest BCUT2D eigenvalue weighted by molar-refractivity contribution is 9.10. The summed E-state index contributed by atoms with van der Waals surface area (Å²) in [5, 5.41) is 3.64. The fourth-order valence-corrected chi connectivity index (χ4v) is 2.83. The van der Waals surface area contributed by atoms with Crippen LogP contribution >= 0.6 is 15.9 Å². The third-order valence-electron chi connectivity index (χ3n) is 3.87. The molecule has 2 aliphatic rings. The van der Waals surface area contributed by atoms with Gasteiger partial charge >= 0.3 is 0 Å². The Labute approximate surface area is 116 Å². The minimum atomic E-state index is 0.218. The SMILES string of the molecule is CC(C)(NCc1cc2c(cc1Br)OCO2)C1CC1. The van der Waals surface area contributed by atoms with Crippen LogP contribution in [0.4, 0.5) is 0 Å². The molecule has 0 aromatic heterocycles. The number of hydrogen-bond donors (Lipinski definition) is 1. The number of ether oxygens (including phenoxy) is 2. The molecule has 0 atom stereocenters. The van der Waals surface area contributed by atoms with Gasteiger partial charge in [-0.2, -0.15) is 0 Å². The van der Waals surface area contributed by atoms with Crippen LogP contribution in [0.25, 0.3) is 0 Å². The predicted octanol–water partition coefficient (Wildman–Crippen LogP) is 3.46. The lowest BCUT2D eigenvalue weighted by molar-refractivity contribution is 0.174. The Kier molecular flexibility index (Phi) is 3.02. The number of nitrogens with one attached hydrogen (secondary N) is 1. The third kappa shape index (κ3) is 2.36. The van der Waals surface area contributed by atoms with E-state index < -0.39 is 0 Å². The summed E-state index contributed by atoms with van der Waals surface area (Å²) >= 11 is 3.59. The van der Waals surface area contributed by atoms with Gasteiger partial charge in [-0.05, 0) is 50.3 Å². The second-order valence-corrected chi connectivity index (χ2v) is 6.50. The molecule has 1 aromatic rings. The van der Waals surface area contributed by atoms with Crippen molar-refractivity contribution in [3.8, 4) is 11.5 Å². The fourth-order valence-electron chi connectivity index (χ4n) is 2.37. The summed E-state index contributed by atoms with van der Waals surface area (Å²) in [5.74, 6) is 2.50. The molecule has 0 bridgehead atoms. The second-order valence-electron chi connectivity index (χ2n) is 5.65. The van der Waals surface area contributed by atoms with E-state index in [1.165, 1.54) is 18.4 Å². The summed E-state index contributed by atoms with van der Waals surface area (Å²) in [6.07, 6.45) is 2.70. The van der Waals surface area contributed by atoms with Crippen LogP contribution in [0.3, 0.4) is 0 Å². The van der Waals surface area contributed by atoms with Crippen LogP contribution in [-0.2, 0) is 6.54 Å². The van der Waals surface area contributed by atoms with Crippen molar-refractivity contribution in [3.63, 3.8) is 0 Å². The molecule has 0 radical (unpaired) electrons. The zero-order chi connectivity index (χ0) is 12.8. The Bertz CT molecular complexity index is 469. The Morgan fingerprint density at radius 2 is 1.94 bits per heavy atom. The first kappa shape index (κ1) is 12.3. The standard InChI is InChI=1S/C14H18BrNO2/c1-14(2,10-3-4-10)16-7-9-5-12-13(6-11(9)15)18-8-17-12/h5-6,10,16H,3-4,7-8H2,1-2H3. The maximum Gasteiger partial charge on any atom is 0.231 e. The molecule has 1 aliphatic heterocycles. The molecule has 18 heavy (non-hydrogen) atoms. The molecule has 1 heterocycles. The van der Waals surface area contributed by atoms with Gasteiger partial charge in [0.2, 0.25) is 6.79 Å². The van der Waals surface area contributed by atoms with Crippen LogP contribution in [0.5, 0.6) is 11.5 Å². The van der Waals surface area contributed by atoms with E-state index in [-0.39, 0.29) is 5.54 Å². The van der Waals surface area contributed by atoms with E-state index in [4.69, 9.17) is 9.47 Å². The number of fused-ring (bicyclic) bond motifs is 1. The lowest BCUT2D eigenvalue weighted by atomic mass is 9.98. The van der Waals surface area contributed by atoms with Gasteiger partial charge in [0.25, 0.3) is 0 Å². The zero-order valence-electron chi connectivity index (χ0n) is 10.8. The van der Waals surface area contributed by atoms with Gasteiger partial charge in [0.15, 0.2) is 11.5 Å². The molecular weight excluding hydrogens is 294 g/mol. The van der Waals surface area contributed by atoms with Crippen LogP contribution in [0.2, 0.25) is 0 Å². The van der Waals surface area contributed by atoms with Crippen molar-refractivity contribution in [2.75, 3.05) is 6.79 Å². The molecule has 1 aliphatic carbocycles. The highest BCUT2D eigenvalue weighted by atomic mass is 79.9. The molecule has 0 spiro atoms. The van der Waals surface area contributed by atoms with Crippen molar-refractivity contribution in [1.82, 2.24) is 5.32 Å². The summed E-state index contributed by atoms with van der Waals surface area (Å²) in [5.41, 5.74) is 1.43. The molecule has 4 heteroatoms. The molecular formula is C14H18BrNO2. The number of rotatable bonds is 4. The van der Waals surface area contributed by atoms with Gasteiger partial charge in [-0.25, -0.2) is 0 Å². The summed E-state index contributed by atoms with van der Waals surface area (Å²) < 4.78 is 11.8. The largest absolute Gasteiger partial charge is 0.454 e. The van der Waals surface area contributed by atoms with Crippen molar-refractivity contribution in [3.05, 3.63) is 22.2 Å². The Morgan fingerprint density at radius 1 is 1.28 bits per heavy atom. The van der Waals surface area contributed by atoms with E-state index in [0.29, 0.717) is 6.79 Å². The minimum absolute atomic E-state index is 0.218. The number of hydrogen-bond acceptors (Lipinski definition) is 3. The van der Waals surface area contributed by atoms with Crippen LogP contribution in [-0.4, -0.2) is 12.3 Å². The molecule has 0 amide bonds. The maximum atomic E-state index is 5.42. The van der Waals surface area contributed by atoms with Gasteiger partial charge in [-0.15, -0.1) is 0 Å². The topological polar surface area (TPSA) is 30.5 Å². The van der Waals surface area contributed by atoms with Crippen LogP contribution in [0.15, 0.2) is 16.6 Å². The van der Waals surface area contributed by atoms with E-state index >= 15 is 0 Å². The third-order valence-corrected chi connectivity index (χ3v) is 4.61. The molecule has 1 N–H and O–H groups in total. The Hall–Kier alpha value is -0.740.